The minimum atomic E-state index is -0.441. The number of methoxy groups -OCH3 is 1. The van der Waals surface area contributed by atoms with Gasteiger partial charge in [0, 0.05) is 24.3 Å². The molecule has 0 aliphatic carbocycles. The molecule has 0 spiro atoms. The number of nitrogens with zero attached hydrogens (tertiary/aromatic N) is 1. The second-order valence-electron chi connectivity index (χ2n) is 5.04. The van der Waals surface area contributed by atoms with Crippen LogP contribution in [-0.4, -0.2) is 31.2 Å². The van der Waals surface area contributed by atoms with Crippen LogP contribution in [0.4, 0.5) is 10.1 Å². The number of carbonyl (C=O) groups is 1. The largest absolute Gasteiger partial charge is 0.469 e. The Hall–Kier alpha value is -1.69. The van der Waals surface area contributed by atoms with Crippen LogP contribution in [0.15, 0.2) is 18.2 Å². The molecule has 2 N–H and O–H groups in total. The van der Waals surface area contributed by atoms with Crippen molar-refractivity contribution in [2.45, 2.75) is 6.92 Å². The van der Waals surface area contributed by atoms with Gasteiger partial charge >= 0.3 is 5.97 Å². The normalized spacial score (nSPS) is 21.9. The van der Waals surface area contributed by atoms with Crippen LogP contribution in [0.3, 0.4) is 0 Å². The Kier molecular flexibility index (Phi) is 4.23. The molecule has 0 saturated carbocycles. The van der Waals surface area contributed by atoms with Crippen molar-refractivity contribution in [2.75, 3.05) is 25.1 Å². The Balaban J connectivity index is 2.20. The second kappa shape index (κ2) is 5.75. The molecule has 1 aromatic carbocycles. The molecule has 1 saturated heterocycles. The van der Waals surface area contributed by atoms with E-state index < -0.39 is 5.82 Å². The minimum Gasteiger partial charge on any atom is -0.469 e. The molecule has 1 aliphatic heterocycles. The maximum atomic E-state index is 13.9. The molecule has 20 heavy (non-hydrogen) atoms. The first kappa shape index (κ1) is 14.7. The molecule has 1 aromatic rings. The van der Waals surface area contributed by atoms with E-state index in [0.29, 0.717) is 13.1 Å². The van der Waals surface area contributed by atoms with E-state index in [1.165, 1.54) is 13.2 Å². The van der Waals surface area contributed by atoms with Gasteiger partial charge in [0.15, 0.2) is 0 Å². The van der Waals surface area contributed by atoms with E-state index in [-0.39, 0.29) is 28.4 Å². The summed E-state index contributed by atoms with van der Waals surface area (Å²) < 4.78 is 18.7. The summed E-state index contributed by atoms with van der Waals surface area (Å²) in [5.74, 6) is -0.677. The average Bonchev–Trinajstić information content (AvgIpc) is 2.79. The SMILES string of the molecule is COC(=O)C1CN(c2ccc(C(N)=S)c(F)c2)CC1C. The first-order valence-electron chi connectivity index (χ1n) is 6.36. The highest BCUT2D eigenvalue weighted by atomic mass is 32.1. The first-order valence-corrected chi connectivity index (χ1v) is 6.77. The number of hydrogen-bond donors (Lipinski definition) is 1. The van der Waals surface area contributed by atoms with Crippen LogP contribution in [0, 0.1) is 17.7 Å². The van der Waals surface area contributed by atoms with Crippen LogP contribution in [-0.2, 0) is 9.53 Å². The Morgan fingerprint density at radius 2 is 2.20 bits per heavy atom. The third-order valence-corrected chi connectivity index (χ3v) is 3.92. The van der Waals surface area contributed by atoms with Crippen molar-refractivity contribution in [3.05, 3.63) is 29.6 Å². The van der Waals surface area contributed by atoms with Crippen molar-refractivity contribution in [1.29, 1.82) is 0 Å². The zero-order chi connectivity index (χ0) is 14.9. The number of esters is 1. The van der Waals surface area contributed by atoms with Crippen molar-refractivity contribution in [1.82, 2.24) is 0 Å². The molecule has 1 heterocycles. The van der Waals surface area contributed by atoms with Crippen LogP contribution >= 0.6 is 12.2 Å². The van der Waals surface area contributed by atoms with E-state index >= 15 is 0 Å². The number of benzene rings is 1. The van der Waals surface area contributed by atoms with Gasteiger partial charge in [0.1, 0.15) is 10.8 Å². The van der Waals surface area contributed by atoms with E-state index in [4.69, 9.17) is 22.7 Å². The van der Waals surface area contributed by atoms with Crippen molar-refractivity contribution in [2.24, 2.45) is 17.6 Å². The van der Waals surface area contributed by atoms with Crippen LogP contribution < -0.4 is 10.6 Å². The third kappa shape index (κ3) is 2.75. The van der Waals surface area contributed by atoms with Crippen LogP contribution in [0.2, 0.25) is 0 Å². The number of halogens is 1. The fourth-order valence-corrected chi connectivity index (χ4v) is 2.70. The lowest BCUT2D eigenvalue weighted by Crippen LogP contribution is -2.24. The lowest BCUT2D eigenvalue weighted by atomic mass is 9.99. The quantitative estimate of drug-likeness (QED) is 0.680. The Morgan fingerprint density at radius 1 is 1.50 bits per heavy atom. The summed E-state index contributed by atoms with van der Waals surface area (Å²) >= 11 is 4.78. The van der Waals surface area contributed by atoms with Gasteiger partial charge in [-0.15, -0.1) is 0 Å². The summed E-state index contributed by atoms with van der Waals surface area (Å²) in [6.45, 7) is 3.20. The van der Waals surface area contributed by atoms with Gasteiger partial charge in [0.2, 0.25) is 0 Å². The molecule has 2 rings (SSSR count). The number of hydrogen-bond acceptors (Lipinski definition) is 4. The molecule has 1 aliphatic rings. The summed E-state index contributed by atoms with van der Waals surface area (Å²) in [6.07, 6.45) is 0. The van der Waals surface area contributed by atoms with Crippen LogP contribution in [0.1, 0.15) is 12.5 Å². The maximum absolute atomic E-state index is 13.9. The number of thiocarbonyl (C=S) groups is 1. The molecular formula is C14H17FN2O2S. The average molecular weight is 296 g/mol. The van der Waals surface area contributed by atoms with E-state index in [2.05, 4.69) is 0 Å². The van der Waals surface area contributed by atoms with Crippen LogP contribution in [0.25, 0.3) is 0 Å². The predicted molar refractivity (Wildman–Crippen MR) is 79.2 cm³/mol. The number of ether oxygens (including phenoxy) is 1. The summed E-state index contributed by atoms with van der Waals surface area (Å²) in [6, 6.07) is 4.74. The van der Waals surface area contributed by atoms with E-state index in [0.717, 1.165) is 5.69 Å². The van der Waals surface area contributed by atoms with Gasteiger partial charge < -0.3 is 15.4 Å². The molecular weight excluding hydrogens is 279 g/mol. The second-order valence-corrected chi connectivity index (χ2v) is 5.48. The molecule has 4 nitrogen and oxygen atoms in total. The molecule has 0 aromatic heterocycles. The van der Waals surface area contributed by atoms with E-state index in [1.54, 1.807) is 12.1 Å². The maximum Gasteiger partial charge on any atom is 0.310 e. The lowest BCUT2D eigenvalue weighted by molar-refractivity contribution is -0.145. The van der Waals surface area contributed by atoms with Gasteiger partial charge in [-0.2, -0.15) is 0 Å². The topological polar surface area (TPSA) is 55.6 Å². The molecule has 2 atom stereocenters. The first-order chi connectivity index (χ1) is 9.43. The number of carbonyl (C=O) groups excluding carboxylic acids is 1. The van der Waals surface area contributed by atoms with Crippen molar-refractivity contribution >= 4 is 28.9 Å². The molecule has 0 amide bonds. The van der Waals surface area contributed by atoms with E-state index in [9.17, 15) is 9.18 Å². The van der Waals surface area contributed by atoms with Gasteiger partial charge in [-0.25, -0.2) is 4.39 Å². The standard InChI is InChI=1S/C14H17FN2O2S/c1-8-6-17(7-11(8)14(18)19-2)9-3-4-10(13(16)20)12(15)5-9/h3-5,8,11H,6-7H2,1-2H3,(H2,16,20). The van der Waals surface area contributed by atoms with Gasteiger partial charge in [0.25, 0.3) is 0 Å². The van der Waals surface area contributed by atoms with Gasteiger partial charge in [-0.1, -0.05) is 19.1 Å². The highest BCUT2D eigenvalue weighted by Gasteiger charge is 2.35. The molecule has 6 heteroatoms. The van der Waals surface area contributed by atoms with Crippen molar-refractivity contribution in [3.63, 3.8) is 0 Å². The Labute approximate surface area is 122 Å². The number of nitrogens with two attached hydrogens (primary N) is 1. The predicted octanol–water partition coefficient (Wildman–Crippen LogP) is 1.71. The Morgan fingerprint density at radius 3 is 2.75 bits per heavy atom. The minimum absolute atomic E-state index is 0.0382. The summed E-state index contributed by atoms with van der Waals surface area (Å²) in [4.78, 5) is 13.7. The van der Waals surface area contributed by atoms with Gasteiger partial charge in [-0.05, 0) is 24.1 Å². The molecule has 108 valence electrons. The van der Waals surface area contributed by atoms with Crippen LogP contribution in [0.5, 0.6) is 0 Å². The highest BCUT2D eigenvalue weighted by Crippen LogP contribution is 2.29. The Bertz CT molecular complexity index is 550. The number of rotatable bonds is 3. The van der Waals surface area contributed by atoms with Gasteiger partial charge in [-0.3, -0.25) is 4.79 Å². The third-order valence-electron chi connectivity index (χ3n) is 3.70. The smallest absolute Gasteiger partial charge is 0.310 e. The van der Waals surface area contributed by atoms with E-state index in [1.807, 2.05) is 11.8 Å². The summed E-state index contributed by atoms with van der Waals surface area (Å²) in [7, 11) is 1.38. The van der Waals surface area contributed by atoms with Crippen molar-refractivity contribution in [3.8, 4) is 0 Å². The number of anilines is 1. The fraction of sp³-hybridized carbons (Fsp3) is 0.429. The zero-order valence-corrected chi connectivity index (χ0v) is 12.2. The molecule has 0 bridgehead atoms. The monoisotopic (exact) mass is 296 g/mol. The summed E-state index contributed by atoms with van der Waals surface area (Å²) in [5, 5.41) is 0. The molecule has 2 unspecified atom stereocenters. The summed E-state index contributed by atoms with van der Waals surface area (Å²) in [5.41, 5.74) is 6.40. The molecule has 1 fully saturated rings. The van der Waals surface area contributed by atoms with Crippen molar-refractivity contribution < 1.29 is 13.9 Å². The zero-order valence-electron chi connectivity index (χ0n) is 11.4. The fourth-order valence-electron chi connectivity index (χ4n) is 2.54. The van der Waals surface area contributed by atoms with Gasteiger partial charge in [0.05, 0.1) is 13.0 Å². The lowest BCUT2D eigenvalue weighted by Gasteiger charge is -2.19. The molecule has 0 radical (unpaired) electrons. The highest BCUT2D eigenvalue weighted by molar-refractivity contribution is 7.80.